The molecule has 0 radical (unpaired) electrons. The number of nitrogens with two attached hydrogens (primary N) is 1. The molecule has 0 fully saturated rings. The van der Waals surface area contributed by atoms with Crippen LogP contribution in [0.5, 0.6) is 0 Å². The number of rotatable bonds is 6. The first-order chi connectivity index (χ1) is 7.27. The van der Waals surface area contributed by atoms with E-state index in [0.717, 1.165) is 19.4 Å². The van der Waals surface area contributed by atoms with Gasteiger partial charge in [0, 0.05) is 19.8 Å². The second-order valence-electron chi connectivity index (χ2n) is 3.77. The Kier molecular flexibility index (Phi) is 5.32. The topological polar surface area (TPSA) is 47.3 Å². The number of benzene rings is 1. The van der Waals surface area contributed by atoms with E-state index in [1.807, 2.05) is 0 Å². The SMILES string of the molecule is COCCCC(NN)c1cccc(C)c1. The highest BCUT2D eigenvalue weighted by Crippen LogP contribution is 2.18. The molecule has 0 aromatic heterocycles. The molecule has 1 aromatic rings. The van der Waals surface area contributed by atoms with Crippen LogP contribution in [0.4, 0.5) is 0 Å². The summed E-state index contributed by atoms with van der Waals surface area (Å²) >= 11 is 0. The Morgan fingerprint density at radius 1 is 1.47 bits per heavy atom. The van der Waals surface area contributed by atoms with Crippen LogP contribution in [0.25, 0.3) is 0 Å². The summed E-state index contributed by atoms with van der Waals surface area (Å²) in [5.41, 5.74) is 5.36. The fraction of sp³-hybridized carbons (Fsp3) is 0.500. The summed E-state index contributed by atoms with van der Waals surface area (Å²) in [4.78, 5) is 0. The largest absolute Gasteiger partial charge is 0.385 e. The second kappa shape index (κ2) is 6.56. The van der Waals surface area contributed by atoms with Crippen molar-refractivity contribution in [2.24, 2.45) is 5.84 Å². The molecule has 0 aliphatic heterocycles. The van der Waals surface area contributed by atoms with Gasteiger partial charge >= 0.3 is 0 Å². The normalized spacial score (nSPS) is 12.7. The van der Waals surface area contributed by atoms with Gasteiger partial charge in [0.25, 0.3) is 0 Å². The number of hydrogen-bond acceptors (Lipinski definition) is 3. The second-order valence-corrected chi connectivity index (χ2v) is 3.77. The summed E-state index contributed by atoms with van der Waals surface area (Å²) in [6.07, 6.45) is 2.01. The Balaban J connectivity index is 2.57. The molecule has 0 aliphatic carbocycles. The number of hydrazine groups is 1. The van der Waals surface area contributed by atoms with Gasteiger partial charge in [-0.25, -0.2) is 0 Å². The summed E-state index contributed by atoms with van der Waals surface area (Å²) in [5, 5.41) is 0. The van der Waals surface area contributed by atoms with Crippen molar-refractivity contribution in [2.75, 3.05) is 13.7 Å². The third-order valence-corrected chi connectivity index (χ3v) is 2.49. The molecule has 1 rings (SSSR count). The van der Waals surface area contributed by atoms with Gasteiger partial charge in [-0.2, -0.15) is 0 Å². The fourth-order valence-electron chi connectivity index (χ4n) is 1.66. The van der Waals surface area contributed by atoms with Gasteiger partial charge in [0.1, 0.15) is 0 Å². The van der Waals surface area contributed by atoms with Gasteiger partial charge < -0.3 is 4.74 Å². The minimum absolute atomic E-state index is 0.222. The first-order valence-corrected chi connectivity index (χ1v) is 5.29. The van der Waals surface area contributed by atoms with E-state index in [-0.39, 0.29) is 6.04 Å². The molecule has 3 N–H and O–H groups in total. The smallest absolute Gasteiger partial charge is 0.0462 e. The maximum atomic E-state index is 5.55. The van der Waals surface area contributed by atoms with Crippen molar-refractivity contribution in [2.45, 2.75) is 25.8 Å². The van der Waals surface area contributed by atoms with Crippen LogP contribution in [0, 0.1) is 6.92 Å². The lowest BCUT2D eigenvalue weighted by Crippen LogP contribution is -2.28. The molecular formula is C12H20N2O. The van der Waals surface area contributed by atoms with Gasteiger partial charge in [0.15, 0.2) is 0 Å². The van der Waals surface area contributed by atoms with E-state index in [2.05, 4.69) is 36.6 Å². The van der Waals surface area contributed by atoms with Gasteiger partial charge in [-0.3, -0.25) is 11.3 Å². The van der Waals surface area contributed by atoms with Gasteiger partial charge in [0.2, 0.25) is 0 Å². The lowest BCUT2D eigenvalue weighted by Gasteiger charge is -2.16. The highest BCUT2D eigenvalue weighted by atomic mass is 16.5. The van der Waals surface area contributed by atoms with Crippen LogP contribution < -0.4 is 11.3 Å². The first-order valence-electron chi connectivity index (χ1n) is 5.29. The van der Waals surface area contributed by atoms with Gasteiger partial charge in [-0.05, 0) is 25.3 Å². The predicted molar refractivity (Wildman–Crippen MR) is 62.4 cm³/mol. The summed E-state index contributed by atoms with van der Waals surface area (Å²) < 4.78 is 5.03. The van der Waals surface area contributed by atoms with Crippen LogP contribution >= 0.6 is 0 Å². The van der Waals surface area contributed by atoms with Crippen LogP contribution in [-0.2, 0) is 4.74 Å². The Bertz CT molecular complexity index is 289. The molecule has 3 nitrogen and oxygen atoms in total. The van der Waals surface area contributed by atoms with Crippen LogP contribution in [0.3, 0.4) is 0 Å². The molecule has 15 heavy (non-hydrogen) atoms. The van der Waals surface area contributed by atoms with E-state index in [9.17, 15) is 0 Å². The molecular weight excluding hydrogens is 188 g/mol. The molecule has 0 saturated heterocycles. The Morgan fingerprint density at radius 2 is 2.27 bits per heavy atom. The van der Waals surface area contributed by atoms with E-state index in [4.69, 9.17) is 10.6 Å². The van der Waals surface area contributed by atoms with Crippen molar-refractivity contribution in [3.63, 3.8) is 0 Å². The number of methoxy groups -OCH3 is 1. The van der Waals surface area contributed by atoms with Gasteiger partial charge in [-0.1, -0.05) is 29.8 Å². The molecule has 3 heteroatoms. The van der Waals surface area contributed by atoms with Crippen LogP contribution in [0.15, 0.2) is 24.3 Å². The zero-order valence-corrected chi connectivity index (χ0v) is 9.49. The maximum absolute atomic E-state index is 5.55. The number of nitrogens with one attached hydrogen (secondary N) is 1. The summed E-state index contributed by atoms with van der Waals surface area (Å²) in [7, 11) is 1.72. The highest BCUT2D eigenvalue weighted by Gasteiger charge is 2.08. The van der Waals surface area contributed by atoms with E-state index in [0.29, 0.717) is 0 Å². The molecule has 0 spiro atoms. The standard InChI is InChI=1S/C12H20N2O/c1-10-5-3-6-11(9-10)12(14-13)7-4-8-15-2/h3,5-6,9,12,14H,4,7-8,13H2,1-2H3. The fourth-order valence-corrected chi connectivity index (χ4v) is 1.66. The first kappa shape index (κ1) is 12.2. The Labute approximate surface area is 91.6 Å². The molecule has 1 aromatic carbocycles. The molecule has 0 aliphatic rings. The molecule has 1 unspecified atom stereocenters. The molecule has 0 amide bonds. The van der Waals surface area contributed by atoms with E-state index >= 15 is 0 Å². The minimum Gasteiger partial charge on any atom is -0.385 e. The van der Waals surface area contributed by atoms with Crippen molar-refractivity contribution in [1.29, 1.82) is 0 Å². The summed E-state index contributed by atoms with van der Waals surface area (Å²) in [6, 6.07) is 8.64. The summed E-state index contributed by atoms with van der Waals surface area (Å²) in [6.45, 7) is 2.87. The quantitative estimate of drug-likeness (QED) is 0.426. The van der Waals surface area contributed by atoms with Gasteiger partial charge in [-0.15, -0.1) is 0 Å². The zero-order valence-electron chi connectivity index (χ0n) is 9.49. The average molecular weight is 208 g/mol. The Hall–Kier alpha value is -0.900. The zero-order chi connectivity index (χ0) is 11.1. The van der Waals surface area contributed by atoms with Crippen molar-refractivity contribution < 1.29 is 4.74 Å². The Morgan fingerprint density at radius 3 is 2.87 bits per heavy atom. The average Bonchev–Trinajstić information content (AvgIpc) is 2.24. The maximum Gasteiger partial charge on any atom is 0.0462 e. The third-order valence-electron chi connectivity index (χ3n) is 2.49. The number of ether oxygens (including phenoxy) is 1. The lowest BCUT2D eigenvalue weighted by atomic mass is 10.0. The lowest BCUT2D eigenvalue weighted by molar-refractivity contribution is 0.189. The number of hydrogen-bond donors (Lipinski definition) is 2. The van der Waals surface area contributed by atoms with Crippen LogP contribution in [0.2, 0.25) is 0 Å². The van der Waals surface area contributed by atoms with Crippen molar-refractivity contribution >= 4 is 0 Å². The molecule has 0 saturated carbocycles. The van der Waals surface area contributed by atoms with Crippen molar-refractivity contribution in [3.8, 4) is 0 Å². The molecule has 1 atom stereocenters. The van der Waals surface area contributed by atoms with Crippen LogP contribution in [-0.4, -0.2) is 13.7 Å². The van der Waals surface area contributed by atoms with E-state index in [1.54, 1.807) is 7.11 Å². The third kappa shape index (κ3) is 4.00. The monoisotopic (exact) mass is 208 g/mol. The van der Waals surface area contributed by atoms with E-state index in [1.165, 1.54) is 11.1 Å². The molecule has 0 bridgehead atoms. The predicted octanol–water partition coefficient (Wildman–Crippen LogP) is 1.93. The van der Waals surface area contributed by atoms with Gasteiger partial charge in [0.05, 0.1) is 0 Å². The molecule has 0 heterocycles. The minimum atomic E-state index is 0.222. The van der Waals surface area contributed by atoms with Crippen LogP contribution in [0.1, 0.15) is 30.0 Å². The number of aryl methyl sites for hydroxylation is 1. The van der Waals surface area contributed by atoms with Crippen molar-refractivity contribution in [3.05, 3.63) is 35.4 Å². The molecule has 84 valence electrons. The van der Waals surface area contributed by atoms with Crippen molar-refractivity contribution in [1.82, 2.24) is 5.43 Å². The van der Waals surface area contributed by atoms with E-state index < -0.39 is 0 Å². The highest BCUT2D eigenvalue weighted by molar-refractivity contribution is 5.24. The summed E-state index contributed by atoms with van der Waals surface area (Å²) in [5.74, 6) is 5.55.